The smallest absolute Gasteiger partial charge is 0.263 e. The van der Waals surface area contributed by atoms with Crippen LogP contribution in [0.1, 0.15) is 40.7 Å². The Hall–Kier alpha value is -2.12. The minimum Gasteiger partial charge on any atom is -0.497 e. The monoisotopic (exact) mass is 402 g/mol. The lowest BCUT2D eigenvalue weighted by atomic mass is 10.1. The van der Waals surface area contributed by atoms with Gasteiger partial charge in [0.25, 0.3) is 5.56 Å². The molecule has 0 aliphatic rings. The van der Waals surface area contributed by atoms with Crippen LogP contribution in [0.3, 0.4) is 0 Å². The number of rotatable bonds is 6. The number of carbonyl (C=O) groups excluding carboxylic acids is 1. The minimum absolute atomic E-state index is 0.00848. The number of Topliss-reactive ketones (excluding diaryl/α,β-unsaturated/α-hetero) is 1. The highest BCUT2D eigenvalue weighted by Gasteiger charge is 2.19. The number of carbonyl (C=O) groups is 1. The Labute approximate surface area is 166 Å². The SMILES string of the molecule is COc1ccc(C(=O)CSc2nc3sc(C)c(C)c3c(=O)n2C(C)C)cc1. The maximum Gasteiger partial charge on any atom is 0.263 e. The van der Waals surface area contributed by atoms with E-state index in [1.807, 2.05) is 27.7 Å². The van der Waals surface area contributed by atoms with Crippen LogP contribution in [0.25, 0.3) is 10.2 Å². The van der Waals surface area contributed by atoms with Crippen LogP contribution in [0.15, 0.2) is 34.2 Å². The number of benzene rings is 1. The highest BCUT2D eigenvalue weighted by Crippen LogP contribution is 2.29. The molecule has 0 unspecified atom stereocenters. The molecule has 7 heteroatoms. The highest BCUT2D eigenvalue weighted by molar-refractivity contribution is 7.99. The second-order valence-corrected chi connectivity index (χ2v) is 8.71. The Morgan fingerprint density at radius 1 is 1.26 bits per heavy atom. The summed E-state index contributed by atoms with van der Waals surface area (Å²) in [6.45, 7) is 7.88. The van der Waals surface area contributed by atoms with Crippen LogP contribution in [0, 0.1) is 13.8 Å². The van der Waals surface area contributed by atoms with E-state index in [0.717, 1.165) is 15.3 Å². The molecule has 0 saturated carbocycles. The van der Waals surface area contributed by atoms with Crippen molar-refractivity contribution in [2.75, 3.05) is 12.9 Å². The second-order valence-electron chi connectivity index (χ2n) is 6.57. The van der Waals surface area contributed by atoms with Crippen molar-refractivity contribution in [1.29, 1.82) is 0 Å². The molecule has 0 fully saturated rings. The van der Waals surface area contributed by atoms with E-state index in [1.54, 1.807) is 35.9 Å². The number of fused-ring (bicyclic) bond motifs is 1. The van der Waals surface area contributed by atoms with Crippen LogP contribution in [-0.4, -0.2) is 28.2 Å². The lowest BCUT2D eigenvalue weighted by molar-refractivity contribution is 0.102. The molecule has 2 aromatic heterocycles. The first-order valence-corrected chi connectivity index (χ1v) is 10.5. The number of aryl methyl sites for hydroxylation is 2. The van der Waals surface area contributed by atoms with Gasteiger partial charge in [0.05, 0.1) is 18.2 Å². The predicted molar refractivity (Wildman–Crippen MR) is 112 cm³/mol. The van der Waals surface area contributed by atoms with Gasteiger partial charge >= 0.3 is 0 Å². The van der Waals surface area contributed by atoms with Gasteiger partial charge in [-0.1, -0.05) is 11.8 Å². The van der Waals surface area contributed by atoms with Crippen molar-refractivity contribution in [3.63, 3.8) is 0 Å². The molecule has 3 aromatic rings. The summed E-state index contributed by atoms with van der Waals surface area (Å²) < 4.78 is 6.81. The first-order valence-electron chi connectivity index (χ1n) is 8.65. The third kappa shape index (κ3) is 3.80. The highest BCUT2D eigenvalue weighted by atomic mass is 32.2. The van der Waals surface area contributed by atoms with Gasteiger partial charge in [0.1, 0.15) is 10.6 Å². The van der Waals surface area contributed by atoms with Crippen molar-refractivity contribution in [1.82, 2.24) is 9.55 Å². The lowest BCUT2D eigenvalue weighted by Crippen LogP contribution is -2.25. The molecule has 3 rings (SSSR count). The fraction of sp³-hybridized carbons (Fsp3) is 0.350. The molecule has 0 aliphatic carbocycles. The molecule has 142 valence electrons. The van der Waals surface area contributed by atoms with Crippen LogP contribution in [0.5, 0.6) is 5.75 Å². The fourth-order valence-electron chi connectivity index (χ4n) is 2.84. The lowest BCUT2D eigenvalue weighted by Gasteiger charge is -2.15. The van der Waals surface area contributed by atoms with E-state index in [9.17, 15) is 9.59 Å². The predicted octanol–water partition coefficient (Wildman–Crippen LogP) is 4.64. The summed E-state index contributed by atoms with van der Waals surface area (Å²) in [5, 5.41) is 1.28. The summed E-state index contributed by atoms with van der Waals surface area (Å²) in [6.07, 6.45) is 0. The molecule has 0 saturated heterocycles. The number of thioether (sulfide) groups is 1. The zero-order valence-electron chi connectivity index (χ0n) is 16.0. The standard InChI is InChI=1S/C20H22N2O3S2/c1-11(2)22-19(24)17-12(3)13(4)27-18(17)21-20(22)26-10-16(23)14-6-8-15(25-5)9-7-14/h6-9,11H,10H2,1-5H3. The zero-order chi connectivity index (χ0) is 19.7. The molecule has 0 aliphatic heterocycles. The third-order valence-corrected chi connectivity index (χ3v) is 6.52. The normalized spacial score (nSPS) is 11.3. The van der Waals surface area contributed by atoms with Gasteiger partial charge in [-0.3, -0.25) is 14.2 Å². The fourth-order valence-corrected chi connectivity index (χ4v) is 4.93. The number of methoxy groups -OCH3 is 1. The Kier molecular flexibility index (Phi) is 5.72. The summed E-state index contributed by atoms with van der Waals surface area (Å²) in [7, 11) is 1.59. The first kappa shape index (κ1) is 19.6. The minimum atomic E-state index is -0.0346. The molecule has 0 amide bonds. The number of aromatic nitrogens is 2. The first-order chi connectivity index (χ1) is 12.8. The quantitative estimate of drug-likeness (QED) is 0.341. The van der Waals surface area contributed by atoms with Crippen molar-refractivity contribution in [2.45, 2.75) is 38.9 Å². The largest absolute Gasteiger partial charge is 0.497 e. The zero-order valence-corrected chi connectivity index (χ0v) is 17.7. The van der Waals surface area contributed by atoms with Crippen molar-refractivity contribution >= 4 is 39.1 Å². The van der Waals surface area contributed by atoms with Crippen LogP contribution in [-0.2, 0) is 0 Å². The van der Waals surface area contributed by atoms with E-state index in [0.29, 0.717) is 21.9 Å². The van der Waals surface area contributed by atoms with Gasteiger partial charge in [-0.15, -0.1) is 11.3 Å². The number of thiophene rings is 1. The van der Waals surface area contributed by atoms with E-state index in [4.69, 9.17) is 9.72 Å². The molecular weight excluding hydrogens is 380 g/mol. The molecular formula is C20H22N2O3S2. The van der Waals surface area contributed by atoms with Gasteiger partial charge in [-0.05, 0) is 57.5 Å². The maximum atomic E-state index is 13.0. The molecule has 0 spiro atoms. The number of ketones is 1. The number of nitrogens with zero attached hydrogens (tertiary/aromatic N) is 2. The van der Waals surface area contributed by atoms with Gasteiger partial charge in [0.2, 0.25) is 0 Å². The summed E-state index contributed by atoms with van der Waals surface area (Å²) in [5.41, 5.74) is 1.58. The Balaban J connectivity index is 1.92. The van der Waals surface area contributed by atoms with E-state index in [2.05, 4.69) is 0 Å². The molecule has 5 nitrogen and oxygen atoms in total. The van der Waals surface area contributed by atoms with Gasteiger partial charge in [-0.25, -0.2) is 4.98 Å². The number of hydrogen-bond acceptors (Lipinski definition) is 6. The summed E-state index contributed by atoms with van der Waals surface area (Å²) in [6, 6.07) is 7.00. The van der Waals surface area contributed by atoms with E-state index in [-0.39, 0.29) is 23.1 Å². The molecule has 0 N–H and O–H groups in total. The van der Waals surface area contributed by atoms with Crippen molar-refractivity contribution in [2.24, 2.45) is 0 Å². The van der Waals surface area contributed by atoms with Crippen LogP contribution < -0.4 is 10.3 Å². The number of ether oxygens (including phenoxy) is 1. The Bertz CT molecular complexity index is 1050. The summed E-state index contributed by atoms with van der Waals surface area (Å²) in [4.78, 5) is 32.1. The summed E-state index contributed by atoms with van der Waals surface area (Å²) >= 11 is 2.84. The topological polar surface area (TPSA) is 61.2 Å². The van der Waals surface area contributed by atoms with E-state index >= 15 is 0 Å². The van der Waals surface area contributed by atoms with Gasteiger partial charge in [0.15, 0.2) is 10.9 Å². The molecule has 0 bridgehead atoms. The Morgan fingerprint density at radius 3 is 2.52 bits per heavy atom. The molecule has 27 heavy (non-hydrogen) atoms. The average Bonchev–Trinajstić information content (AvgIpc) is 2.93. The summed E-state index contributed by atoms with van der Waals surface area (Å²) in [5.74, 6) is 0.926. The Morgan fingerprint density at radius 2 is 1.93 bits per heavy atom. The molecule has 0 radical (unpaired) electrons. The van der Waals surface area contributed by atoms with Crippen molar-refractivity contribution in [3.05, 3.63) is 50.6 Å². The average molecular weight is 403 g/mol. The second kappa shape index (κ2) is 7.86. The van der Waals surface area contributed by atoms with Crippen LogP contribution >= 0.6 is 23.1 Å². The van der Waals surface area contributed by atoms with E-state index < -0.39 is 0 Å². The maximum absolute atomic E-state index is 13.0. The molecule has 2 heterocycles. The third-order valence-electron chi connectivity index (χ3n) is 4.46. The van der Waals surface area contributed by atoms with Crippen molar-refractivity contribution in [3.8, 4) is 5.75 Å². The van der Waals surface area contributed by atoms with E-state index in [1.165, 1.54) is 23.1 Å². The van der Waals surface area contributed by atoms with Crippen LogP contribution in [0.4, 0.5) is 0 Å². The van der Waals surface area contributed by atoms with Gasteiger partial charge in [0, 0.05) is 16.5 Å². The molecule has 0 atom stereocenters. The van der Waals surface area contributed by atoms with Gasteiger partial charge in [-0.2, -0.15) is 0 Å². The number of hydrogen-bond donors (Lipinski definition) is 0. The van der Waals surface area contributed by atoms with Crippen molar-refractivity contribution < 1.29 is 9.53 Å². The van der Waals surface area contributed by atoms with Gasteiger partial charge < -0.3 is 4.74 Å². The van der Waals surface area contributed by atoms with Crippen LogP contribution in [0.2, 0.25) is 0 Å². The molecule has 1 aromatic carbocycles.